The van der Waals surface area contributed by atoms with E-state index in [1.807, 2.05) is 37.3 Å². The van der Waals surface area contributed by atoms with Gasteiger partial charge in [0.25, 0.3) is 10.9 Å². The number of phenols is 1. The zero-order valence-electron chi connectivity index (χ0n) is 19.6. The Labute approximate surface area is 203 Å². The Hall–Kier alpha value is -2.88. The minimum Gasteiger partial charge on any atom is -0.504 e. The molecule has 0 amide bonds. The highest BCUT2D eigenvalue weighted by atomic mass is 35.5. The van der Waals surface area contributed by atoms with E-state index >= 15 is 0 Å². The van der Waals surface area contributed by atoms with Crippen LogP contribution < -0.4 is 21.5 Å². The third-order valence-corrected chi connectivity index (χ3v) is 8.42. The normalized spacial score (nSPS) is 13.3. The van der Waals surface area contributed by atoms with Crippen molar-refractivity contribution in [3.8, 4) is 5.75 Å². The Bertz CT molecular complexity index is 1380. The maximum Gasteiger partial charge on any atom is 0.253 e. The molecule has 0 saturated carbocycles. The van der Waals surface area contributed by atoms with Crippen molar-refractivity contribution in [1.29, 1.82) is 0 Å². The Morgan fingerprint density at radius 2 is 1.62 bits per heavy atom. The van der Waals surface area contributed by atoms with E-state index < -0.39 is 31.5 Å². The Morgan fingerprint density at radius 3 is 2.18 bits per heavy atom. The molecule has 34 heavy (non-hydrogen) atoms. The number of rotatable bonds is 9. The number of benzene rings is 2. The minimum absolute atomic E-state index is 0.0522. The van der Waals surface area contributed by atoms with Gasteiger partial charge in [0.2, 0.25) is 10.0 Å². The number of phenolic OH excluding ortho intramolecular Hbond substituents is 1. The second-order valence-electron chi connectivity index (χ2n) is 8.92. The monoisotopic (exact) mass is 505 g/mol. The van der Waals surface area contributed by atoms with Gasteiger partial charge >= 0.3 is 0 Å². The molecule has 0 aromatic heterocycles. The van der Waals surface area contributed by atoms with E-state index in [0.717, 1.165) is 16.3 Å². The summed E-state index contributed by atoms with van der Waals surface area (Å²) >= 11 is 6.06. The van der Waals surface area contributed by atoms with Gasteiger partial charge in [-0.1, -0.05) is 62.7 Å². The van der Waals surface area contributed by atoms with Crippen molar-refractivity contribution in [2.24, 2.45) is 5.41 Å². The molecular formula is C24H28ClN3O5S. The number of aromatic hydroxyl groups is 1. The molecule has 0 saturated heterocycles. The maximum atomic E-state index is 12.6. The molecule has 0 spiro atoms. The van der Waals surface area contributed by atoms with Crippen molar-refractivity contribution >= 4 is 38.7 Å². The van der Waals surface area contributed by atoms with Gasteiger partial charge in [0.05, 0.1) is 16.8 Å². The number of sulfonamides is 1. The number of hydrogen-bond donors (Lipinski definition) is 3. The largest absolute Gasteiger partial charge is 0.504 e. The van der Waals surface area contributed by atoms with Gasteiger partial charge < -0.3 is 15.7 Å². The van der Waals surface area contributed by atoms with Crippen molar-refractivity contribution < 1.29 is 13.5 Å². The summed E-state index contributed by atoms with van der Waals surface area (Å²) in [6, 6.07) is 11.9. The van der Waals surface area contributed by atoms with Crippen LogP contribution in [0.4, 0.5) is 17.1 Å². The van der Waals surface area contributed by atoms with E-state index in [1.165, 1.54) is 26.2 Å². The van der Waals surface area contributed by atoms with Crippen LogP contribution in [-0.2, 0) is 10.0 Å². The van der Waals surface area contributed by atoms with E-state index in [2.05, 4.69) is 24.5 Å². The van der Waals surface area contributed by atoms with Crippen molar-refractivity contribution in [3.05, 3.63) is 73.5 Å². The van der Waals surface area contributed by atoms with Crippen LogP contribution in [-0.4, -0.2) is 31.9 Å². The summed E-state index contributed by atoms with van der Waals surface area (Å²) in [5.74, 6) is -0.645. The van der Waals surface area contributed by atoms with Gasteiger partial charge in [-0.05, 0) is 29.5 Å². The highest BCUT2D eigenvalue weighted by Crippen LogP contribution is 2.42. The topological polar surface area (TPSA) is 116 Å². The van der Waals surface area contributed by atoms with Crippen LogP contribution in [0.3, 0.4) is 0 Å². The number of anilines is 3. The highest BCUT2D eigenvalue weighted by Gasteiger charge is 2.33. The molecule has 3 N–H and O–H groups in total. The predicted molar refractivity (Wildman–Crippen MR) is 136 cm³/mol. The van der Waals surface area contributed by atoms with E-state index in [4.69, 9.17) is 11.6 Å². The molecule has 3 aromatic carbocycles. The first kappa shape index (κ1) is 25.7. The third kappa shape index (κ3) is 4.55. The summed E-state index contributed by atoms with van der Waals surface area (Å²) in [5.41, 5.74) is -0.823. The summed E-state index contributed by atoms with van der Waals surface area (Å²) in [6.07, 6.45) is 0.793. The molecule has 0 fully saturated rings. The summed E-state index contributed by atoms with van der Waals surface area (Å²) in [4.78, 5) is 24.4. The quantitative estimate of drug-likeness (QED) is 0.294. The minimum atomic E-state index is -4.07. The van der Waals surface area contributed by atoms with Gasteiger partial charge in [-0.2, -0.15) is 0 Å². The van der Waals surface area contributed by atoms with Gasteiger partial charge in [-0.25, -0.2) is 12.7 Å². The average molecular weight is 506 g/mol. The second-order valence-corrected chi connectivity index (χ2v) is 11.4. The molecular weight excluding hydrogens is 478 g/mol. The van der Waals surface area contributed by atoms with Crippen molar-refractivity contribution in [2.45, 2.75) is 38.1 Å². The first-order chi connectivity index (χ1) is 15.8. The van der Waals surface area contributed by atoms with Crippen molar-refractivity contribution in [2.75, 3.05) is 24.7 Å². The number of nitrogens with zero attached hydrogens (tertiary/aromatic N) is 1. The molecule has 0 aliphatic carbocycles. The van der Waals surface area contributed by atoms with Crippen LogP contribution in [0.2, 0.25) is 5.02 Å². The molecule has 0 aliphatic heterocycles. The zero-order valence-corrected chi connectivity index (χ0v) is 21.2. The molecule has 0 bridgehead atoms. The molecule has 1 unspecified atom stereocenters. The number of nitrogens with one attached hydrogen (secondary N) is 2. The molecule has 0 heterocycles. The first-order valence-electron chi connectivity index (χ1n) is 10.7. The maximum absolute atomic E-state index is 12.6. The lowest BCUT2D eigenvalue weighted by Gasteiger charge is -2.36. The van der Waals surface area contributed by atoms with Crippen LogP contribution >= 0.6 is 11.6 Å². The lowest BCUT2D eigenvalue weighted by atomic mass is 9.78. The van der Waals surface area contributed by atoms with Crippen molar-refractivity contribution in [3.63, 3.8) is 0 Å². The predicted octanol–water partition coefficient (Wildman–Crippen LogP) is 4.22. The summed E-state index contributed by atoms with van der Waals surface area (Å²) in [7, 11) is -1.46. The summed E-state index contributed by atoms with van der Waals surface area (Å²) < 4.78 is 26.2. The lowest BCUT2D eigenvalue weighted by molar-refractivity contribution is 0.295. The molecule has 3 rings (SSSR count). The summed E-state index contributed by atoms with van der Waals surface area (Å²) in [5, 5.41) is 16.5. The number of hydrogen-bond acceptors (Lipinski definition) is 7. The van der Waals surface area contributed by atoms with Gasteiger partial charge in [0.15, 0.2) is 5.75 Å². The molecule has 10 heteroatoms. The third-order valence-electron chi connectivity index (χ3n) is 6.11. The van der Waals surface area contributed by atoms with Crippen LogP contribution in [0.1, 0.15) is 38.8 Å². The van der Waals surface area contributed by atoms with Gasteiger partial charge in [-0.15, -0.1) is 0 Å². The molecule has 3 aromatic rings. The van der Waals surface area contributed by atoms with E-state index in [-0.39, 0.29) is 33.5 Å². The van der Waals surface area contributed by atoms with Gasteiger partial charge in [-0.3, -0.25) is 9.59 Å². The average Bonchev–Trinajstić information content (AvgIpc) is 2.79. The van der Waals surface area contributed by atoms with E-state index in [1.54, 1.807) is 0 Å². The first-order valence-corrected chi connectivity index (χ1v) is 12.5. The van der Waals surface area contributed by atoms with Crippen LogP contribution in [0, 0.1) is 5.41 Å². The van der Waals surface area contributed by atoms with E-state index in [0.29, 0.717) is 0 Å². The summed E-state index contributed by atoms with van der Waals surface area (Å²) in [6.45, 7) is 6.15. The van der Waals surface area contributed by atoms with Crippen LogP contribution in [0.5, 0.6) is 5.75 Å². The molecule has 0 radical (unpaired) electrons. The van der Waals surface area contributed by atoms with Gasteiger partial charge in [0, 0.05) is 14.1 Å². The molecule has 1 atom stereocenters. The molecule has 8 nitrogen and oxygen atoms in total. The zero-order chi connectivity index (χ0) is 25.4. The van der Waals surface area contributed by atoms with Crippen LogP contribution in [0.25, 0.3) is 0 Å². The molecule has 182 valence electrons. The Kier molecular flexibility index (Phi) is 7.12. The second kappa shape index (κ2) is 9.40. The fraction of sp³-hybridized carbons (Fsp3) is 0.333. The fourth-order valence-electron chi connectivity index (χ4n) is 3.58. The highest BCUT2D eigenvalue weighted by molar-refractivity contribution is 7.89. The number of halogens is 1. The SMILES string of the molecule is CCC(C)(C)C(Nc1c(Nc2ccc(Cl)c(S(=O)(=O)N(C)C)c2O)c(=O)c1=O)c1ccccc1. The lowest BCUT2D eigenvalue weighted by Crippen LogP contribution is -2.40. The Morgan fingerprint density at radius 1 is 1.03 bits per heavy atom. The van der Waals surface area contributed by atoms with E-state index in [9.17, 15) is 23.1 Å². The smallest absolute Gasteiger partial charge is 0.253 e. The standard InChI is InChI=1S/C24H28ClN3O5S/c1-6-24(2,3)23(14-10-8-7-9-11-14)27-18-17(20(30)21(18)31)26-16-13-12-15(25)22(19(16)29)34(32,33)28(4)5/h7-13,23,26-27,29H,6H2,1-5H3. The fourth-order valence-corrected chi connectivity index (χ4v) is 5.06. The molecule has 0 aliphatic rings. The Balaban J connectivity index is 2.04. The van der Waals surface area contributed by atoms with Gasteiger partial charge in [0.1, 0.15) is 16.3 Å². The van der Waals surface area contributed by atoms with Crippen LogP contribution in [0.15, 0.2) is 56.9 Å². The van der Waals surface area contributed by atoms with Crippen molar-refractivity contribution in [1.82, 2.24) is 4.31 Å².